The Morgan fingerprint density at radius 3 is 2.77 bits per heavy atom. The molecule has 154 valence electrons. The molecule has 1 amide bonds. The highest BCUT2D eigenvalue weighted by Gasteiger charge is 2.46. The molecule has 0 radical (unpaired) electrons. The van der Waals surface area contributed by atoms with Crippen molar-refractivity contribution in [3.8, 4) is 16.3 Å². The van der Waals surface area contributed by atoms with Crippen LogP contribution in [0.25, 0.3) is 10.6 Å². The molecule has 0 aliphatic carbocycles. The van der Waals surface area contributed by atoms with Crippen LogP contribution in [-0.4, -0.2) is 47.3 Å². The van der Waals surface area contributed by atoms with Crippen LogP contribution >= 0.6 is 11.3 Å². The molecule has 0 saturated heterocycles. The number of fused-ring (bicyclic) bond motifs is 1. The van der Waals surface area contributed by atoms with E-state index in [-0.39, 0.29) is 12.5 Å². The third-order valence-corrected chi connectivity index (χ3v) is 5.98. The summed E-state index contributed by atoms with van der Waals surface area (Å²) in [4.78, 5) is 28.9. The minimum Gasteiger partial charge on any atom is -0.497 e. The monoisotopic (exact) mass is 423 g/mol. The highest BCUT2D eigenvalue weighted by molar-refractivity contribution is 7.13. The standard InChI is InChI=1S/C22H21N3O4S/c1-4-10-24-19(14-7-5-8-15(12-14)28-2)20(22(27)29-3)25-17(21(24)26)13-16(23-25)18-9-6-11-30-18/h4-9,11-13,19-20H,1,10H2,2-3H3/t19-,20+/m1/s1. The Morgan fingerprint density at radius 1 is 1.27 bits per heavy atom. The lowest BCUT2D eigenvalue weighted by Crippen LogP contribution is -2.48. The second kappa shape index (κ2) is 8.16. The average Bonchev–Trinajstić information content (AvgIpc) is 3.45. The molecule has 2 aromatic heterocycles. The predicted octanol–water partition coefficient (Wildman–Crippen LogP) is 3.72. The van der Waals surface area contributed by atoms with E-state index >= 15 is 0 Å². The molecule has 0 spiro atoms. The zero-order chi connectivity index (χ0) is 21.3. The Balaban J connectivity index is 1.92. The molecule has 7 nitrogen and oxygen atoms in total. The van der Waals surface area contributed by atoms with Crippen molar-refractivity contribution in [3.63, 3.8) is 0 Å². The Morgan fingerprint density at radius 2 is 2.10 bits per heavy atom. The summed E-state index contributed by atoms with van der Waals surface area (Å²) in [7, 11) is 2.91. The number of benzene rings is 1. The fourth-order valence-electron chi connectivity index (χ4n) is 3.76. The van der Waals surface area contributed by atoms with Gasteiger partial charge in [-0.3, -0.25) is 4.79 Å². The van der Waals surface area contributed by atoms with Crippen LogP contribution in [0.15, 0.2) is 60.5 Å². The predicted molar refractivity (Wildman–Crippen MR) is 114 cm³/mol. The summed E-state index contributed by atoms with van der Waals surface area (Å²) in [5, 5.41) is 6.57. The molecule has 1 aliphatic rings. The Bertz CT molecular complexity index is 1090. The van der Waals surface area contributed by atoms with E-state index in [2.05, 4.69) is 11.7 Å². The first kappa shape index (κ1) is 19.9. The normalized spacial score (nSPS) is 18.1. The smallest absolute Gasteiger partial charge is 0.333 e. The molecule has 8 heteroatoms. The number of nitrogens with zero attached hydrogens (tertiary/aromatic N) is 3. The van der Waals surface area contributed by atoms with E-state index in [1.165, 1.54) is 23.1 Å². The molecular formula is C22H21N3O4S. The summed E-state index contributed by atoms with van der Waals surface area (Å²) in [6, 6.07) is 11.4. The number of carbonyl (C=O) groups excluding carboxylic acids is 2. The number of ether oxygens (including phenoxy) is 2. The summed E-state index contributed by atoms with van der Waals surface area (Å²) < 4.78 is 12.0. The van der Waals surface area contributed by atoms with Crippen LogP contribution in [0.5, 0.6) is 5.75 Å². The fraction of sp³-hybridized carbons (Fsp3) is 0.227. The molecule has 2 atom stereocenters. The highest BCUT2D eigenvalue weighted by atomic mass is 32.1. The van der Waals surface area contributed by atoms with Gasteiger partial charge in [0, 0.05) is 6.54 Å². The van der Waals surface area contributed by atoms with E-state index in [0.717, 1.165) is 10.4 Å². The number of hydrogen-bond donors (Lipinski definition) is 0. The first-order valence-electron chi connectivity index (χ1n) is 9.36. The van der Waals surface area contributed by atoms with Crippen molar-refractivity contribution >= 4 is 23.2 Å². The third-order valence-electron chi connectivity index (χ3n) is 5.09. The van der Waals surface area contributed by atoms with E-state index in [1.54, 1.807) is 24.2 Å². The van der Waals surface area contributed by atoms with Crippen LogP contribution in [0.4, 0.5) is 0 Å². The SMILES string of the molecule is C=CCN1C(=O)c2cc(-c3cccs3)nn2[C@H](C(=O)OC)[C@H]1c1cccc(OC)c1. The van der Waals surface area contributed by atoms with Crippen molar-refractivity contribution in [1.29, 1.82) is 0 Å². The first-order valence-corrected chi connectivity index (χ1v) is 10.2. The molecule has 0 unspecified atom stereocenters. The van der Waals surface area contributed by atoms with Gasteiger partial charge in [0.15, 0.2) is 6.04 Å². The molecule has 1 aromatic carbocycles. The fourth-order valence-corrected chi connectivity index (χ4v) is 4.44. The number of amides is 1. The summed E-state index contributed by atoms with van der Waals surface area (Å²) in [6.07, 6.45) is 1.64. The van der Waals surface area contributed by atoms with Gasteiger partial charge >= 0.3 is 5.97 Å². The average molecular weight is 423 g/mol. The number of aromatic nitrogens is 2. The molecule has 4 rings (SSSR count). The maximum Gasteiger partial charge on any atom is 0.333 e. The Kier molecular flexibility index (Phi) is 5.41. The second-order valence-electron chi connectivity index (χ2n) is 6.77. The van der Waals surface area contributed by atoms with Gasteiger partial charge in [-0.2, -0.15) is 5.10 Å². The molecule has 3 heterocycles. The number of carbonyl (C=O) groups is 2. The van der Waals surface area contributed by atoms with E-state index in [1.807, 2.05) is 41.8 Å². The van der Waals surface area contributed by atoms with Crippen molar-refractivity contribution in [2.45, 2.75) is 12.1 Å². The number of rotatable bonds is 6. The molecule has 3 aromatic rings. The van der Waals surface area contributed by atoms with Crippen LogP contribution in [0, 0.1) is 0 Å². The minimum absolute atomic E-state index is 0.224. The number of hydrogen-bond acceptors (Lipinski definition) is 6. The van der Waals surface area contributed by atoms with Gasteiger partial charge in [-0.15, -0.1) is 17.9 Å². The van der Waals surface area contributed by atoms with Gasteiger partial charge in [-0.1, -0.05) is 24.3 Å². The van der Waals surface area contributed by atoms with E-state index in [4.69, 9.17) is 9.47 Å². The van der Waals surface area contributed by atoms with Gasteiger partial charge in [-0.25, -0.2) is 9.48 Å². The lowest BCUT2D eigenvalue weighted by Gasteiger charge is -2.40. The van der Waals surface area contributed by atoms with E-state index in [9.17, 15) is 9.59 Å². The Hall–Kier alpha value is -3.39. The molecule has 1 aliphatic heterocycles. The molecular weight excluding hydrogens is 402 g/mol. The van der Waals surface area contributed by atoms with Crippen LogP contribution < -0.4 is 4.74 Å². The summed E-state index contributed by atoms with van der Waals surface area (Å²) in [5.41, 5.74) is 1.74. The van der Waals surface area contributed by atoms with Crippen molar-refractivity contribution in [2.24, 2.45) is 0 Å². The molecule has 0 saturated carbocycles. The van der Waals surface area contributed by atoms with Gasteiger partial charge in [0.05, 0.1) is 25.1 Å². The van der Waals surface area contributed by atoms with Gasteiger partial charge in [0.2, 0.25) is 0 Å². The van der Waals surface area contributed by atoms with Crippen molar-refractivity contribution in [2.75, 3.05) is 20.8 Å². The topological polar surface area (TPSA) is 73.7 Å². The van der Waals surface area contributed by atoms with Crippen LogP contribution in [0.2, 0.25) is 0 Å². The van der Waals surface area contributed by atoms with Gasteiger partial charge in [0.25, 0.3) is 5.91 Å². The van der Waals surface area contributed by atoms with E-state index in [0.29, 0.717) is 17.1 Å². The highest BCUT2D eigenvalue weighted by Crippen LogP contribution is 2.41. The number of thiophene rings is 1. The quantitative estimate of drug-likeness (QED) is 0.446. The molecule has 0 fully saturated rings. The van der Waals surface area contributed by atoms with Crippen molar-refractivity contribution < 1.29 is 19.1 Å². The van der Waals surface area contributed by atoms with Crippen molar-refractivity contribution in [3.05, 3.63) is 71.8 Å². The summed E-state index contributed by atoms with van der Waals surface area (Å²) in [6.45, 7) is 4.06. The second-order valence-corrected chi connectivity index (χ2v) is 7.72. The first-order chi connectivity index (χ1) is 14.6. The van der Waals surface area contributed by atoms with Gasteiger partial charge < -0.3 is 14.4 Å². The van der Waals surface area contributed by atoms with Crippen LogP contribution in [0.3, 0.4) is 0 Å². The third kappa shape index (κ3) is 3.29. The van der Waals surface area contributed by atoms with Gasteiger partial charge in [0.1, 0.15) is 17.1 Å². The lowest BCUT2D eigenvalue weighted by atomic mass is 9.94. The Labute approximate surface area is 178 Å². The summed E-state index contributed by atoms with van der Waals surface area (Å²) in [5.74, 6) is -0.0719. The molecule has 0 N–H and O–H groups in total. The van der Waals surface area contributed by atoms with Crippen LogP contribution in [0.1, 0.15) is 28.1 Å². The zero-order valence-corrected chi connectivity index (χ0v) is 17.5. The van der Waals surface area contributed by atoms with Gasteiger partial charge in [-0.05, 0) is 35.2 Å². The summed E-state index contributed by atoms with van der Waals surface area (Å²) >= 11 is 1.52. The molecule has 0 bridgehead atoms. The number of methoxy groups -OCH3 is 2. The number of esters is 1. The zero-order valence-electron chi connectivity index (χ0n) is 16.6. The minimum atomic E-state index is -0.844. The largest absolute Gasteiger partial charge is 0.497 e. The maximum absolute atomic E-state index is 13.4. The lowest BCUT2D eigenvalue weighted by molar-refractivity contribution is -0.147. The van der Waals surface area contributed by atoms with Crippen molar-refractivity contribution in [1.82, 2.24) is 14.7 Å². The maximum atomic E-state index is 13.4. The van der Waals surface area contributed by atoms with Crippen LogP contribution in [-0.2, 0) is 9.53 Å². The van der Waals surface area contributed by atoms with E-state index < -0.39 is 18.1 Å². The molecule has 30 heavy (non-hydrogen) atoms.